The molecule has 4 rings (SSSR count). The number of nitrogens with one attached hydrogen (secondary N) is 1. The summed E-state index contributed by atoms with van der Waals surface area (Å²) in [4.78, 5) is 29.6. The molecule has 1 fully saturated rings. The SMILES string of the molecule is CS(=O)(=O)N(CCCC(=O)N(Cc1cccc(Br)c1)C(Cc1ccccc1)C(=O)NC1CCCCC1)c1ccc(Cl)cc1. The Balaban J connectivity index is 1.58. The zero-order chi connectivity index (χ0) is 30.8. The summed E-state index contributed by atoms with van der Waals surface area (Å²) in [6.45, 7) is 0.370. The van der Waals surface area contributed by atoms with E-state index in [4.69, 9.17) is 11.6 Å². The minimum Gasteiger partial charge on any atom is -0.352 e. The number of anilines is 1. The van der Waals surface area contributed by atoms with Crippen molar-refractivity contribution in [1.29, 1.82) is 0 Å². The van der Waals surface area contributed by atoms with E-state index in [1.807, 2.05) is 54.6 Å². The van der Waals surface area contributed by atoms with E-state index in [0.717, 1.165) is 47.5 Å². The molecule has 1 saturated carbocycles. The molecule has 2 amide bonds. The first-order valence-corrected chi connectivity index (χ1v) is 17.7. The fourth-order valence-electron chi connectivity index (χ4n) is 5.54. The minimum absolute atomic E-state index is 0.0790. The number of carbonyl (C=O) groups is 2. The van der Waals surface area contributed by atoms with Gasteiger partial charge in [-0.1, -0.05) is 89.3 Å². The van der Waals surface area contributed by atoms with Crippen molar-refractivity contribution in [3.63, 3.8) is 0 Å². The van der Waals surface area contributed by atoms with Crippen LogP contribution in [0.2, 0.25) is 5.02 Å². The van der Waals surface area contributed by atoms with Crippen LogP contribution < -0.4 is 9.62 Å². The molecule has 1 aliphatic rings. The summed E-state index contributed by atoms with van der Waals surface area (Å²) < 4.78 is 27.4. The van der Waals surface area contributed by atoms with Gasteiger partial charge in [-0.05, 0) is 66.8 Å². The molecule has 1 unspecified atom stereocenters. The summed E-state index contributed by atoms with van der Waals surface area (Å²) in [5.41, 5.74) is 2.34. The van der Waals surface area contributed by atoms with Crippen LogP contribution in [0, 0.1) is 0 Å². The van der Waals surface area contributed by atoms with Crippen LogP contribution in [0.3, 0.4) is 0 Å². The maximum atomic E-state index is 14.0. The number of rotatable bonds is 13. The number of halogens is 2. The Labute approximate surface area is 268 Å². The minimum atomic E-state index is -3.59. The number of hydrogen-bond acceptors (Lipinski definition) is 4. The van der Waals surface area contributed by atoms with Gasteiger partial charge in [-0.25, -0.2) is 8.42 Å². The lowest BCUT2D eigenvalue weighted by Crippen LogP contribution is -2.52. The number of hydrogen-bond donors (Lipinski definition) is 1. The highest BCUT2D eigenvalue weighted by atomic mass is 79.9. The van der Waals surface area contributed by atoms with Gasteiger partial charge in [-0.2, -0.15) is 0 Å². The Morgan fingerprint density at radius 2 is 1.63 bits per heavy atom. The average Bonchev–Trinajstić information content (AvgIpc) is 2.98. The molecule has 3 aromatic rings. The van der Waals surface area contributed by atoms with Crippen molar-refractivity contribution in [3.05, 3.63) is 99.5 Å². The van der Waals surface area contributed by atoms with Crippen LogP contribution in [-0.2, 0) is 32.6 Å². The number of amides is 2. The molecular formula is C33H39BrClN3O4S. The first kappa shape index (κ1) is 33.0. The molecule has 1 atom stereocenters. The monoisotopic (exact) mass is 687 g/mol. The molecule has 0 heterocycles. The van der Waals surface area contributed by atoms with Crippen LogP contribution >= 0.6 is 27.5 Å². The van der Waals surface area contributed by atoms with Gasteiger partial charge in [0, 0.05) is 41.5 Å². The molecule has 7 nitrogen and oxygen atoms in total. The quantitative estimate of drug-likeness (QED) is 0.216. The summed E-state index contributed by atoms with van der Waals surface area (Å²) in [5, 5.41) is 3.76. The van der Waals surface area contributed by atoms with Gasteiger partial charge in [0.1, 0.15) is 6.04 Å². The molecule has 1 N–H and O–H groups in total. The maximum absolute atomic E-state index is 14.0. The zero-order valence-electron chi connectivity index (χ0n) is 24.4. The van der Waals surface area contributed by atoms with Crippen molar-refractivity contribution in [2.45, 2.75) is 70.0 Å². The summed E-state index contributed by atoms with van der Waals surface area (Å²) in [7, 11) is -3.59. The molecule has 230 valence electrons. The Bertz CT molecular complexity index is 1460. The lowest BCUT2D eigenvalue weighted by atomic mass is 9.94. The molecule has 3 aromatic carbocycles. The summed E-state index contributed by atoms with van der Waals surface area (Å²) in [5.74, 6) is -0.359. The van der Waals surface area contributed by atoms with Crippen molar-refractivity contribution >= 4 is 55.1 Å². The number of carbonyl (C=O) groups excluding carboxylic acids is 2. The van der Waals surface area contributed by atoms with Crippen LogP contribution in [0.4, 0.5) is 5.69 Å². The van der Waals surface area contributed by atoms with Crippen molar-refractivity contribution in [1.82, 2.24) is 10.2 Å². The molecule has 43 heavy (non-hydrogen) atoms. The first-order valence-electron chi connectivity index (χ1n) is 14.7. The molecule has 0 aromatic heterocycles. The lowest BCUT2D eigenvalue weighted by Gasteiger charge is -2.34. The molecule has 1 aliphatic carbocycles. The third-order valence-electron chi connectivity index (χ3n) is 7.73. The molecule has 10 heteroatoms. The summed E-state index contributed by atoms with van der Waals surface area (Å²) in [6.07, 6.45) is 7.10. The van der Waals surface area contributed by atoms with E-state index < -0.39 is 16.1 Å². The second kappa shape index (κ2) is 15.7. The van der Waals surface area contributed by atoms with Crippen LogP contribution in [0.1, 0.15) is 56.1 Å². The molecule has 0 saturated heterocycles. The number of benzene rings is 3. The van der Waals surface area contributed by atoms with Gasteiger partial charge in [0.15, 0.2) is 0 Å². The van der Waals surface area contributed by atoms with Gasteiger partial charge in [-0.15, -0.1) is 0 Å². The standard InChI is InChI=1S/C33H39BrClN3O4S/c1-43(41,42)38(30-19-17-28(35)18-20-30)21-9-16-32(39)37(24-26-12-8-13-27(34)22-26)31(23-25-10-4-2-5-11-25)33(40)36-29-14-6-3-7-15-29/h2,4-5,8,10-13,17-20,22,29,31H,3,6-7,9,14-16,21,23-24H2,1H3,(H,36,40). The van der Waals surface area contributed by atoms with E-state index in [1.165, 1.54) is 10.7 Å². The van der Waals surface area contributed by atoms with E-state index in [-0.39, 0.29) is 43.8 Å². The van der Waals surface area contributed by atoms with Crippen LogP contribution in [0.5, 0.6) is 0 Å². The van der Waals surface area contributed by atoms with Gasteiger partial charge < -0.3 is 10.2 Å². The van der Waals surface area contributed by atoms with E-state index in [0.29, 0.717) is 17.1 Å². The highest BCUT2D eigenvalue weighted by Gasteiger charge is 2.32. The number of nitrogens with zero attached hydrogens (tertiary/aromatic N) is 2. The Kier molecular flexibility index (Phi) is 12.1. The van der Waals surface area contributed by atoms with Crippen molar-refractivity contribution < 1.29 is 18.0 Å². The fourth-order valence-corrected chi connectivity index (χ4v) is 7.08. The van der Waals surface area contributed by atoms with Crippen LogP contribution in [-0.4, -0.2) is 50.0 Å². The van der Waals surface area contributed by atoms with Crippen LogP contribution in [0.15, 0.2) is 83.3 Å². The summed E-state index contributed by atoms with van der Waals surface area (Å²) >= 11 is 9.53. The normalized spacial score (nSPS) is 14.6. The first-order chi connectivity index (χ1) is 20.6. The zero-order valence-corrected chi connectivity index (χ0v) is 27.6. The van der Waals surface area contributed by atoms with Gasteiger partial charge in [0.05, 0.1) is 11.9 Å². The van der Waals surface area contributed by atoms with Gasteiger partial charge in [0.25, 0.3) is 0 Å². The maximum Gasteiger partial charge on any atom is 0.243 e. The number of sulfonamides is 1. The highest BCUT2D eigenvalue weighted by Crippen LogP contribution is 2.23. The second-order valence-electron chi connectivity index (χ2n) is 11.1. The largest absolute Gasteiger partial charge is 0.352 e. The smallest absolute Gasteiger partial charge is 0.243 e. The van der Waals surface area contributed by atoms with Crippen molar-refractivity contribution in [2.24, 2.45) is 0 Å². The Morgan fingerprint density at radius 1 is 0.953 bits per heavy atom. The van der Waals surface area contributed by atoms with E-state index in [2.05, 4.69) is 21.2 Å². The third kappa shape index (κ3) is 10.1. The second-order valence-corrected chi connectivity index (χ2v) is 14.4. The van der Waals surface area contributed by atoms with Gasteiger partial charge in [-0.3, -0.25) is 13.9 Å². The molecular weight excluding hydrogens is 650 g/mol. The topological polar surface area (TPSA) is 86.8 Å². The molecule has 0 spiro atoms. The third-order valence-corrected chi connectivity index (χ3v) is 9.67. The lowest BCUT2D eigenvalue weighted by molar-refractivity contribution is -0.141. The Morgan fingerprint density at radius 3 is 2.28 bits per heavy atom. The molecule has 0 bridgehead atoms. The molecule has 0 aliphatic heterocycles. The van der Waals surface area contributed by atoms with Crippen molar-refractivity contribution in [3.8, 4) is 0 Å². The fraction of sp³-hybridized carbons (Fsp3) is 0.394. The van der Waals surface area contributed by atoms with Crippen molar-refractivity contribution in [2.75, 3.05) is 17.1 Å². The predicted molar refractivity (Wildman–Crippen MR) is 177 cm³/mol. The van der Waals surface area contributed by atoms with E-state index in [9.17, 15) is 18.0 Å². The van der Waals surface area contributed by atoms with Gasteiger partial charge in [0.2, 0.25) is 21.8 Å². The summed E-state index contributed by atoms with van der Waals surface area (Å²) in [6, 6.07) is 23.4. The predicted octanol–water partition coefficient (Wildman–Crippen LogP) is 6.74. The average molecular weight is 689 g/mol. The highest BCUT2D eigenvalue weighted by molar-refractivity contribution is 9.10. The molecule has 0 radical (unpaired) electrons. The Hall–Kier alpha value is -2.88. The van der Waals surface area contributed by atoms with Crippen LogP contribution in [0.25, 0.3) is 0 Å². The van der Waals surface area contributed by atoms with E-state index in [1.54, 1.807) is 29.2 Å². The van der Waals surface area contributed by atoms with Gasteiger partial charge >= 0.3 is 0 Å². The van der Waals surface area contributed by atoms with E-state index >= 15 is 0 Å².